The van der Waals surface area contributed by atoms with Gasteiger partial charge in [-0.25, -0.2) is 4.39 Å². The van der Waals surface area contributed by atoms with Gasteiger partial charge in [0.1, 0.15) is 12.4 Å². The molecule has 0 bridgehead atoms. The van der Waals surface area contributed by atoms with Gasteiger partial charge in [0.15, 0.2) is 0 Å². The zero-order valence-electron chi connectivity index (χ0n) is 8.91. The Bertz CT molecular complexity index is 345. The maximum Gasteiger partial charge on any atom is 0.246 e. The van der Waals surface area contributed by atoms with Gasteiger partial charge in [-0.15, -0.1) is 0 Å². The average Bonchev–Trinajstić information content (AvgIpc) is 2.28. The average molecular weight is 226 g/mol. The lowest BCUT2D eigenvalue weighted by molar-refractivity contribution is -0.125. The number of halogens is 1. The number of nitrogens with one attached hydrogen (secondary N) is 1. The number of nitrogens with two attached hydrogens (primary N) is 1. The summed E-state index contributed by atoms with van der Waals surface area (Å²) in [6, 6.07) is 6.29. The summed E-state index contributed by atoms with van der Waals surface area (Å²) in [4.78, 5) is 11.2. The van der Waals surface area contributed by atoms with Crippen LogP contribution in [0.25, 0.3) is 0 Å². The number of hydrogen-bond acceptors (Lipinski definition) is 3. The molecule has 4 nitrogen and oxygen atoms in total. The van der Waals surface area contributed by atoms with Crippen molar-refractivity contribution in [2.24, 2.45) is 5.73 Å². The third kappa shape index (κ3) is 4.37. The van der Waals surface area contributed by atoms with E-state index in [4.69, 9.17) is 10.5 Å². The van der Waals surface area contributed by atoms with Crippen molar-refractivity contribution < 1.29 is 13.9 Å². The molecular formula is C11H15FN2O2. The van der Waals surface area contributed by atoms with Crippen LogP contribution in [0.4, 0.5) is 4.39 Å². The minimum absolute atomic E-state index is 0.0499. The summed E-state index contributed by atoms with van der Waals surface area (Å²) >= 11 is 0. The smallest absolute Gasteiger partial charge is 0.246 e. The highest BCUT2D eigenvalue weighted by Gasteiger charge is 2.03. The largest absolute Gasteiger partial charge is 0.370 e. The van der Waals surface area contributed by atoms with Crippen molar-refractivity contribution in [1.29, 1.82) is 0 Å². The van der Waals surface area contributed by atoms with Crippen LogP contribution in [0.1, 0.15) is 5.56 Å². The maximum absolute atomic E-state index is 13.1. The molecule has 0 saturated carbocycles. The minimum atomic E-state index is -0.328. The Kier molecular flexibility index (Phi) is 5.45. The summed E-state index contributed by atoms with van der Waals surface area (Å²) in [5.74, 6) is -0.609. The summed E-state index contributed by atoms with van der Waals surface area (Å²) in [6.07, 6.45) is 0. The predicted molar refractivity (Wildman–Crippen MR) is 58.1 cm³/mol. The molecule has 0 atom stereocenters. The number of benzene rings is 1. The van der Waals surface area contributed by atoms with Gasteiger partial charge in [-0.2, -0.15) is 0 Å². The van der Waals surface area contributed by atoms with E-state index in [2.05, 4.69) is 5.32 Å². The number of hydrogen-bond donors (Lipinski definition) is 2. The second kappa shape index (κ2) is 6.92. The van der Waals surface area contributed by atoms with E-state index in [0.29, 0.717) is 18.7 Å². The Morgan fingerprint density at radius 1 is 1.44 bits per heavy atom. The Morgan fingerprint density at radius 3 is 2.88 bits per heavy atom. The Morgan fingerprint density at radius 2 is 2.19 bits per heavy atom. The van der Waals surface area contributed by atoms with Gasteiger partial charge in [0.05, 0.1) is 6.61 Å². The molecule has 0 radical (unpaired) electrons. The number of ether oxygens (including phenoxy) is 1. The molecule has 0 aliphatic rings. The molecule has 0 aromatic heterocycles. The van der Waals surface area contributed by atoms with Crippen LogP contribution in [-0.4, -0.2) is 25.7 Å². The van der Waals surface area contributed by atoms with Crippen LogP contribution in [0.15, 0.2) is 24.3 Å². The van der Waals surface area contributed by atoms with Crippen molar-refractivity contribution in [2.45, 2.75) is 6.54 Å². The van der Waals surface area contributed by atoms with Gasteiger partial charge in [-0.1, -0.05) is 18.2 Å². The number of amides is 1. The van der Waals surface area contributed by atoms with Gasteiger partial charge in [0.25, 0.3) is 0 Å². The van der Waals surface area contributed by atoms with Crippen molar-refractivity contribution in [3.8, 4) is 0 Å². The molecule has 88 valence electrons. The fourth-order valence-electron chi connectivity index (χ4n) is 1.13. The van der Waals surface area contributed by atoms with Gasteiger partial charge in [0, 0.05) is 18.7 Å². The van der Waals surface area contributed by atoms with Crippen LogP contribution in [0.3, 0.4) is 0 Å². The lowest BCUT2D eigenvalue weighted by Crippen LogP contribution is -2.28. The SMILES string of the molecule is NCCOCC(=O)NCc1ccccc1F. The first kappa shape index (κ1) is 12.6. The van der Waals surface area contributed by atoms with Crippen molar-refractivity contribution in [3.63, 3.8) is 0 Å². The van der Waals surface area contributed by atoms with Gasteiger partial charge < -0.3 is 15.8 Å². The van der Waals surface area contributed by atoms with E-state index < -0.39 is 0 Å². The molecule has 1 amide bonds. The summed E-state index contributed by atoms with van der Waals surface area (Å²) in [5, 5.41) is 2.55. The van der Waals surface area contributed by atoms with Crippen LogP contribution in [0, 0.1) is 5.82 Å². The van der Waals surface area contributed by atoms with Crippen molar-refractivity contribution in [1.82, 2.24) is 5.32 Å². The summed E-state index contributed by atoms with van der Waals surface area (Å²) < 4.78 is 18.1. The molecule has 0 heterocycles. The number of carbonyl (C=O) groups is 1. The molecular weight excluding hydrogens is 211 g/mol. The van der Waals surface area contributed by atoms with Gasteiger partial charge >= 0.3 is 0 Å². The first-order chi connectivity index (χ1) is 7.74. The van der Waals surface area contributed by atoms with Crippen LogP contribution in [0.5, 0.6) is 0 Å². The standard InChI is InChI=1S/C11H15FN2O2/c12-10-4-2-1-3-9(10)7-14-11(15)8-16-6-5-13/h1-4H,5-8,13H2,(H,14,15). The lowest BCUT2D eigenvalue weighted by atomic mass is 10.2. The molecule has 1 aromatic rings. The number of carbonyl (C=O) groups excluding carboxylic acids is 1. The van der Waals surface area contributed by atoms with E-state index in [-0.39, 0.29) is 24.9 Å². The van der Waals surface area contributed by atoms with Gasteiger partial charge in [-0.05, 0) is 6.07 Å². The van der Waals surface area contributed by atoms with Gasteiger partial charge in [0.2, 0.25) is 5.91 Å². The fraction of sp³-hybridized carbons (Fsp3) is 0.364. The summed E-state index contributed by atoms with van der Waals surface area (Å²) in [7, 11) is 0. The molecule has 3 N–H and O–H groups in total. The number of rotatable bonds is 6. The van der Waals surface area contributed by atoms with Crippen LogP contribution < -0.4 is 11.1 Å². The second-order valence-corrected chi connectivity index (χ2v) is 3.21. The highest BCUT2D eigenvalue weighted by Crippen LogP contribution is 2.05. The van der Waals surface area contributed by atoms with Gasteiger partial charge in [-0.3, -0.25) is 4.79 Å². The van der Waals surface area contributed by atoms with Crippen LogP contribution in [0.2, 0.25) is 0 Å². The monoisotopic (exact) mass is 226 g/mol. The van der Waals surface area contributed by atoms with E-state index in [9.17, 15) is 9.18 Å². The molecule has 0 saturated heterocycles. The normalized spacial score (nSPS) is 10.1. The maximum atomic E-state index is 13.1. The first-order valence-electron chi connectivity index (χ1n) is 5.02. The molecule has 5 heteroatoms. The lowest BCUT2D eigenvalue weighted by Gasteiger charge is -2.06. The summed E-state index contributed by atoms with van der Waals surface area (Å²) in [5.41, 5.74) is 5.65. The fourth-order valence-corrected chi connectivity index (χ4v) is 1.13. The molecule has 1 rings (SSSR count). The molecule has 16 heavy (non-hydrogen) atoms. The van der Waals surface area contributed by atoms with E-state index in [1.807, 2.05) is 0 Å². The molecule has 0 unspecified atom stereocenters. The Labute approximate surface area is 93.6 Å². The molecule has 0 fully saturated rings. The zero-order chi connectivity index (χ0) is 11.8. The van der Waals surface area contributed by atoms with Crippen LogP contribution in [-0.2, 0) is 16.1 Å². The first-order valence-corrected chi connectivity index (χ1v) is 5.02. The van der Waals surface area contributed by atoms with Crippen molar-refractivity contribution in [2.75, 3.05) is 19.8 Å². The third-order valence-corrected chi connectivity index (χ3v) is 1.93. The van der Waals surface area contributed by atoms with Crippen LogP contribution >= 0.6 is 0 Å². The highest BCUT2D eigenvalue weighted by molar-refractivity contribution is 5.77. The third-order valence-electron chi connectivity index (χ3n) is 1.93. The van der Waals surface area contributed by atoms with E-state index >= 15 is 0 Å². The highest BCUT2D eigenvalue weighted by atomic mass is 19.1. The van der Waals surface area contributed by atoms with E-state index in [0.717, 1.165) is 0 Å². The Balaban J connectivity index is 2.29. The second-order valence-electron chi connectivity index (χ2n) is 3.21. The van der Waals surface area contributed by atoms with E-state index in [1.165, 1.54) is 6.07 Å². The molecule has 0 spiro atoms. The minimum Gasteiger partial charge on any atom is -0.370 e. The molecule has 0 aliphatic carbocycles. The predicted octanol–water partition coefficient (Wildman–Crippen LogP) is 0.417. The zero-order valence-corrected chi connectivity index (χ0v) is 8.91. The quantitative estimate of drug-likeness (QED) is 0.691. The molecule has 1 aromatic carbocycles. The van der Waals surface area contributed by atoms with Crippen molar-refractivity contribution >= 4 is 5.91 Å². The molecule has 0 aliphatic heterocycles. The van der Waals surface area contributed by atoms with Crippen molar-refractivity contribution in [3.05, 3.63) is 35.6 Å². The topological polar surface area (TPSA) is 64.3 Å². The van der Waals surface area contributed by atoms with E-state index in [1.54, 1.807) is 18.2 Å². The summed E-state index contributed by atoms with van der Waals surface area (Å²) in [6.45, 7) is 0.830. The Hall–Kier alpha value is -1.46.